The highest BCUT2D eigenvalue weighted by molar-refractivity contribution is 5.91. The van der Waals surface area contributed by atoms with E-state index in [4.69, 9.17) is 28.1 Å². The summed E-state index contributed by atoms with van der Waals surface area (Å²) in [6.45, 7) is 10.8. The van der Waals surface area contributed by atoms with E-state index in [2.05, 4.69) is 0 Å². The van der Waals surface area contributed by atoms with Gasteiger partial charge in [0, 0.05) is 41.9 Å². The fourth-order valence-corrected chi connectivity index (χ4v) is 11.6. The number of hydrogen-bond donors (Lipinski definition) is 3. The number of aliphatic hydroxyl groups excluding tert-OH is 3. The molecule has 0 amide bonds. The van der Waals surface area contributed by atoms with Crippen molar-refractivity contribution >= 4 is 23.7 Å². The van der Waals surface area contributed by atoms with E-state index in [-0.39, 0.29) is 18.9 Å². The lowest BCUT2D eigenvalue weighted by molar-refractivity contribution is -0.391. The first kappa shape index (κ1) is 33.6. The predicted octanol–water partition coefficient (Wildman–Crippen LogP) is 2.03. The molecule has 48 heavy (non-hydrogen) atoms. The highest BCUT2D eigenvalue weighted by Crippen LogP contribution is 2.82. The van der Waals surface area contributed by atoms with Crippen LogP contribution in [0.5, 0.6) is 0 Å². The molecule has 4 aliphatic carbocycles. The smallest absolute Gasteiger partial charge is 0.310 e. The zero-order valence-corrected chi connectivity index (χ0v) is 28.3. The summed E-state index contributed by atoms with van der Waals surface area (Å²) in [6.07, 6.45) is -5.09. The summed E-state index contributed by atoms with van der Waals surface area (Å²) in [5.74, 6) is -5.68. The molecule has 0 aromatic carbocycles. The molecule has 7 rings (SSSR count). The Morgan fingerprint density at radius 3 is 2.31 bits per heavy atom. The maximum Gasteiger partial charge on any atom is 0.310 e. The minimum absolute atomic E-state index is 0.0283. The van der Waals surface area contributed by atoms with Crippen LogP contribution in [0.4, 0.5) is 0 Å². The van der Waals surface area contributed by atoms with Crippen LogP contribution >= 0.6 is 0 Å². The second-order valence-electron chi connectivity index (χ2n) is 15.7. The Labute approximate surface area is 278 Å². The summed E-state index contributed by atoms with van der Waals surface area (Å²) in [4.78, 5) is 53.5. The highest BCUT2D eigenvalue weighted by atomic mass is 16.7. The van der Waals surface area contributed by atoms with Crippen molar-refractivity contribution in [2.24, 2.45) is 39.4 Å². The molecule has 264 valence electrons. The van der Waals surface area contributed by atoms with Gasteiger partial charge in [0.25, 0.3) is 0 Å². The average Bonchev–Trinajstić information content (AvgIpc) is 3.39. The van der Waals surface area contributed by atoms with Gasteiger partial charge in [-0.2, -0.15) is 0 Å². The first-order valence-electron chi connectivity index (χ1n) is 16.9. The lowest BCUT2D eigenvalue weighted by Crippen LogP contribution is -2.84. The Morgan fingerprint density at radius 1 is 1.02 bits per heavy atom. The third kappa shape index (κ3) is 3.74. The lowest BCUT2D eigenvalue weighted by Gasteiger charge is -2.73. The van der Waals surface area contributed by atoms with E-state index in [1.807, 2.05) is 13.8 Å². The quantitative estimate of drug-likeness (QED) is 0.226. The van der Waals surface area contributed by atoms with Crippen molar-refractivity contribution in [3.63, 3.8) is 0 Å². The first-order chi connectivity index (χ1) is 22.5. The largest absolute Gasteiger partial charge is 0.472 e. The van der Waals surface area contributed by atoms with E-state index < -0.39 is 112 Å². The number of hydrogen-bond acceptors (Lipinski definition) is 13. The SMILES string of the molecule is CC[C@@H](C)C(=O)O[C@@H]1OC[C@]23[C@H](O)[C@@H](OC(C)=O)[C@@H](OC(C)=O)[C@@]1(C)[C@@H]2C[C@@H](O)[C@]1(C)[C@@H]3C(=O)[C@@H](O)[C@@]2(C)[C@H](c3ccoc3)C[C@H]3O[C@]321. The number of epoxide rings is 1. The molecule has 1 aromatic rings. The van der Waals surface area contributed by atoms with Crippen LogP contribution in [0.25, 0.3) is 0 Å². The predicted molar refractivity (Wildman–Crippen MR) is 161 cm³/mol. The number of furan rings is 1. The Kier molecular flexibility index (Phi) is 7.42. The number of ether oxygens (including phenoxy) is 5. The second-order valence-corrected chi connectivity index (χ2v) is 15.7. The summed E-state index contributed by atoms with van der Waals surface area (Å²) < 4.78 is 35.9. The molecule has 13 heteroatoms. The van der Waals surface area contributed by atoms with Gasteiger partial charge in [-0.05, 0) is 43.7 Å². The molecule has 2 bridgehead atoms. The molecule has 4 saturated carbocycles. The van der Waals surface area contributed by atoms with E-state index in [1.165, 1.54) is 13.2 Å². The topological polar surface area (TPSA) is 192 Å². The van der Waals surface area contributed by atoms with Gasteiger partial charge in [-0.1, -0.05) is 27.7 Å². The first-order valence-corrected chi connectivity index (χ1v) is 16.9. The highest BCUT2D eigenvalue weighted by Gasteiger charge is 2.92. The van der Waals surface area contributed by atoms with Gasteiger partial charge in [0.05, 0.1) is 42.7 Å². The van der Waals surface area contributed by atoms with Gasteiger partial charge in [0.2, 0.25) is 6.29 Å². The molecule has 6 fully saturated rings. The third-order valence-electron chi connectivity index (χ3n) is 13.9. The van der Waals surface area contributed by atoms with E-state index in [9.17, 15) is 29.7 Å². The summed E-state index contributed by atoms with van der Waals surface area (Å²) >= 11 is 0. The van der Waals surface area contributed by atoms with Crippen molar-refractivity contribution < 1.29 is 62.6 Å². The lowest BCUT2D eigenvalue weighted by atomic mass is 9.33. The molecule has 13 nitrogen and oxygen atoms in total. The van der Waals surface area contributed by atoms with Crippen LogP contribution in [0, 0.1) is 39.4 Å². The van der Waals surface area contributed by atoms with Crippen molar-refractivity contribution in [3.8, 4) is 0 Å². The number of fused-ring (bicyclic) bond motifs is 1. The van der Waals surface area contributed by atoms with Gasteiger partial charge in [-0.25, -0.2) is 0 Å². The van der Waals surface area contributed by atoms with Crippen LogP contribution in [0.2, 0.25) is 0 Å². The van der Waals surface area contributed by atoms with Crippen LogP contribution in [0.15, 0.2) is 23.0 Å². The molecule has 3 N–H and O–H groups in total. The minimum Gasteiger partial charge on any atom is -0.472 e. The number of carbonyl (C=O) groups excluding carboxylic acids is 4. The number of aliphatic hydroxyl groups is 3. The summed E-state index contributed by atoms with van der Waals surface area (Å²) in [6, 6.07) is 1.80. The summed E-state index contributed by atoms with van der Waals surface area (Å²) in [7, 11) is 0. The van der Waals surface area contributed by atoms with Gasteiger partial charge in [-0.3, -0.25) is 19.2 Å². The Bertz CT molecular complexity index is 1530. The fraction of sp³-hybridized carbons (Fsp3) is 0.771. The van der Waals surface area contributed by atoms with E-state index >= 15 is 4.79 Å². The van der Waals surface area contributed by atoms with Gasteiger partial charge >= 0.3 is 17.9 Å². The molecule has 0 unspecified atom stereocenters. The van der Waals surface area contributed by atoms with Crippen molar-refractivity contribution in [3.05, 3.63) is 24.2 Å². The minimum atomic E-state index is -1.66. The fourth-order valence-electron chi connectivity index (χ4n) is 11.6. The van der Waals surface area contributed by atoms with Gasteiger partial charge < -0.3 is 43.4 Å². The van der Waals surface area contributed by atoms with E-state index in [0.717, 1.165) is 12.5 Å². The zero-order chi connectivity index (χ0) is 34.9. The number of rotatable bonds is 6. The summed E-state index contributed by atoms with van der Waals surface area (Å²) in [5, 5.41) is 37.2. The third-order valence-corrected chi connectivity index (χ3v) is 13.9. The molecular formula is C35H46O13. The number of Topliss-reactive ketones (excluding diaryl/α,β-unsaturated/α-hetero) is 1. The molecule has 0 radical (unpaired) electrons. The monoisotopic (exact) mass is 674 g/mol. The number of carbonyl (C=O) groups is 4. The second kappa shape index (κ2) is 10.6. The molecule has 1 aromatic heterocycles. The van der Waals surface area contributed by atoms with Crippen molar-refractivity contribution in [2.45, 2.75) is 122 Å². The molecular weight excluding hydrogens is 628 g/mol. The van der Waals surface area contributed by atoms with Gasteiger partial charge in [-0.15, -0.1) is 0 Å². The van der Waals surface area contributed by atoms with Gasteiger partial charge in [0.1, 0.15) is 17.8 Å². The zero-order valence-electron chi connectivity index (χ0n) is 28.3. The van der Waals surface area contributed by atoms with E-state index in [0.29, 0.717) is 12.8 Å². The van der Waals surface area contributed by atoms with Crippen LogP contribution in [-0.4, -0.2) is 94.1 Å². The number of ketones is 1. The van der Waals surface area contributed by atoms with Crippen LogP contribution in [0.1, 0.15) is 79.2 Å². The standard InChI is InChI=1S/C35H46O13/c1-8-15(2)29(42)47-30-31(5)20-12-21(38)33(7)25(34(20,14-44-30)27(41)24(45-16(3)36)28(31)46-17(4)37)23(39)26(40)32(6)19(18-9-10-43-13-18)11-22-35(32,33)48-22/h9-10,13,15,19-22,24-28,30,38,40-41H,8,11-12,14H2,1-7H3/t15-,19+,20+,21-,22-,24-,25+,26-,27-,28-,30+,31-,32-,33-,34+,35-/m1/s1. The molecule has 3 heterocycles. The molecule has 16 atom stereocenters. The summed E-state index contributed by atoms with van der Waals surface area (Å²) in [5.41, 5.74) is -6.04. The Hall–Kier alpha value is -2.84. The maximum absolute atomic E-state index is 15.0. The normalized spacial score (nSPS) is 50.6. The number of esters is 3. The van der Waals surface area contributed by atoms with Crippen LogP contribution < -0.4 is 0 Å². The average molecular weight is 675 g/mol. The molecule has 2 saturated heterocycles. The van der Waals surface area contributed by atoms with Crippen molar-refractivity contribution in [1.29, 1.82) is 0 Å². The van der Waals surface area contributed by atoms with Crippen LogP contribution in [-0.2, 0) is 42.9 Å². The maximum atomic E-state index is 15.0. The van der Waals surface area contributed by atoms with Crippen LogP contribution in [0.3, 0.4) is 0 Å². The van der Waals surface area contributed by atoms with Crippen molar-refractivity contribution in [1.82, 2.24) is 0 Å². The van der Waals surface area contributed by atoms with Crippen molar-refractivity contribution in [2.75, 3.05) is 6.61 Å². The van der Waals surface area contributed by atoms with E-state index in [1.54, 1.807) is 33.1 Å². The molecule has 2 aliphatic heterocycles. The van der Waals surface area contributed by atoms with Gasteiger partial charge in [0.15, 0.2) is 18.0 Å². The Balaban J connectivity index is 1.42. The Morgan fingerprint density at radius 2 is 1.71 bits per heavy atom. The molecule has 1 spiro atoms. The molecule has 6 aliphatic rings.